The lowest BCUT2D eigenvalue weighted by atomic mass is 9.79. The van der Waals surface area contributed by atoms with E-state index in [4.69, 9.17) is 4.74 Å². The molecule has 1 aliphatic carbocycles. The number of rotatable bonds is 4. The molecule has 1 heterocycles. The van der Waals surface area contributed by atoms with Gasteiger partial charge in [-0.25, -0.2) is 0 Å². The van der Waals surface area contributed by atoms with Crippen molar-refractivity contribution in [2.45, 2.75) is 57.8 Å². The summed E-state index contributed by atoms with van der Waals surface area (Å²) in [7, 11) is 1.76. The number of methoxy groups -OCH3 is 1. The predicted octanol–water partition coefficient (Wildman–Crippen LogP) is 1.36. The van der Waals surface area contributed by atoms with E-state index >= 15 is 0 Å². The van der Waals surface area contributed by atoms with Crippen LogP contribution in [-0.2, 0) is 9.53 Å². The minimum atomic E-state index is -0.0749. The van der Waals surface area contributed by atoms with Crippen LogP contribution in [0, 0.1) is 5.92 Å². The standard InChI is InChI=1S/C13H24N2O2/c1-9(2)11-14-10(3)12(16)15(11)8-13(17-4)6-5-7-13/h9-11,14H,5-8H2,1-4H3. The fourth-order valence-electron chi connectivity index (χ4n) is 2.84. The molecule has 0 aromatic carbocycles. The maximum Gasteiger partial charge on any atom is 0.240 e. The summed E-state index contributed by atoms with van der Waals surface area (Å²) in [6.07, 6.45) is 3.52. The van der Waals surface area contributed by atoms with Crippen molar-refractivity contribution in [2.75, 3.05) is 13.7 Å². The molecule has 1 saturated heterocycles. The van der Waals surface area contributed by atoms with Crippen molar-refractivity contribution in [3.63, 3.8) is 0 Å². The highest BCUT2D eigenvalue weighted by Gasteiger charge is 2.45. The SMILES string of the molecule is COC1(CN2C(=O)C(C)NC2C(C)C)CCC1. The minimum Gasteiger partial charge on any atom is -0.376 e. The van der Waals surface area contributed by atoms with E-state index in [1.807, 2.05) is 11.8 Å². The Kier molecular flexibility index (Phi) is 3.46. The van der Waals surface area contributed by atoms with Gasteiger partial charge < -0.3 is 9.64 Å². The van der Waals surface area contributed by atoms with Crippen molar-refractivity contribution in [3.8, 4) is 0 Å². The number of amides is 1. The van der Waals surface area contributed by atoms with E-state index in [0.29, 0.717) is 5.92 Å². The van der Waals surface area contributed by atoms with Crippen LogP contribution < -0.4 is 5.32 Å². The Morgan fingerprint density at radius 2 is 2.18 bits per heavy atom. The molecule has 0 aromatic heterocycles. The zero-order chi connectivity index (χ0) is 12.6. The van der Waals surface area contributed by atoms with Gasteiger partial charge in [-0.05, 0) is 32.1 Å². The van der Waals surface area contributed by atoms with Gasteiger partial charge in [-0.3, -0.25) is 10.1 Å². The van der Waals surface area contributed by atoms with E-state index in [-0.39, 0.29) is 23.7 Å². The summed E-state index contributed by atoms with van der Waals surface area (Å²) in [5, 5.41) is 3.37. The molecule has 0 radical (unpaired) electrons. The quantitative estimate of drug-likeness (QED) is 0.806. The first-order valence-corrected chi connectivity index (χ1v) is 6.61. The lowest BCUT2D eigenvalue weighted by Gasteiger charge is -2.44. The molecule has 0 spiro atoms. The minimum absolute atomic E-state index is 0.0589. The van der Waals surface area contributed by atoms with E-state index in [9.17, 15) is 4.79 Å². The third-order valence-corrected chi connectivity index (χ3v) is 4.20. The number of hydrogen-bond acceptors (Lipinski definition) is 3. The molecule has 2 atom stereocenters. The Hall–Kier alpha value is -0.610. The van der Waals surface area contributed by atoms with Crippen molar-refractivity contribution < 1.29 is 9.53 Å². The molecule has 1 amide bonds. The highest BCUT2D eigenvalue weighted by molar-refractivity contribution is 5.84. The largest absolute Gasteiger partial charge is 0.376 e. The molecule has 2 rings (SSSR count). The van der Waals surface area contributed by atoms with Crippen molar-refractivity contribution in [1.29, 1.82) is 0 Å². The molecule has 17 heavy (non-hydrogen) atoms. The molecule has 4 nitrogen and oxygen atoms in total. The van der Waals surface area contributed by atoms with Crippen LogP contribution in [0.3, 0.4) is 0 Å². The fraction of sp³-hybridized carbons (Fsp3) is 0.923. The molecule has 2 fully saturated rings. The van der Waals surface area contributed by atoms with E-state index in [0.717, 1.165) is 19.4 Å². The second-order valence-corrected chi connectivity index (χ2v) is 5.78. The zero-order valence-corrected chi connectivity index (χ0v) is 11.3. The maximum atomic E-state index is 12.2. The number of nitrogens with one attached hydrogen (secondary N) is 1. The molecule has 98 valence electrons. The summed E-state index contributed by atoms with van der Waals surface area (Å²) in [4.78, 5) is 14.1. The molecule has 1 N–H and O–H groups in total. The van der Waals surface area contributed by atoms with Crippen LogP contribution in [0.25, 0.3) is 0 Å². The Labute approximate surface area is 104 Å². The maximum absolute atomic E-state index is 12.2. The molecule has 1 saturated carbocycles. The van der Waals surface area contributed by atoms with Crippen molar-refractivity contribution in [3.05, 3.63) is 0 Å². The third kappa shape index (κ3) is 2.20. The Morgan fingerprint density at radius 3 is 2.59 bits per heavy atom. The Bertz CT molecular complexity index is 294. The van der Waals surface area contributed by atoms with Crippen LogP contribution in [0.4, 0.5) is 0 Å². The molecular weight excluding hydrogens is 216 g/mol. The number of nitrogens with zero attached hydrogens (tertiary/aromatic N) is 1. The predicted molar refractivity (Wildman–Crippen MR) is 66.5 cm³/mol. The van der Waals surface area contributed by atoms with Gasteiger partial charge in [0.25, 0.3) is 0 Å². The monoisotopic (exact) mass is 240 g/mol. The van der Waals surface area contributed by atoms with Gasteiger partial charge >= 0.3 is 0 Å². The van der Waals surface area contributed by atoms with Gasteiger partial charge in [-0.15, -0.1) is 0 Å². The summed E-state index contributed by atoms with van der Waals surface area (Å²) in [6.45, 7) is 6.98. The highest BCUT2D eigenvalue weighted by atomic mass is 16.5. The number of hydrogen-bond donors (Lipinski definition) is 1. The Morgan fingerprint density at radius 1 is 1.53 bits per heavy atom. The molecule has 4 heteroatoms. The Balaban J connectivity index is 2.09. The van der Waals surface area contributed by atoms with Gasteiger partial charge in [0.2, 0.25) is 5.91 Å². The molecule has 0 aromatic rings. The lowest BCUT2D eigenvalue weighted by Crippen LogP contribution is -2.54. The summed E-state index contributed by atoms with van der Waals surface area (Å²) in [5.41, 5.74) is -0.0749. The smallest absolute Gasteiger partial charge is 0.240 e. The van der Waals surface area contributed by atoms with Crippen LogP contribution in [0.5, 0.6) is 0 Å². The molecule has 0 bridgehead atoms. The van der Waals surface area contributed by atoms with E-state index in [1.165, 1.54) is 6.42 Å². The second kappa shape index (κ2) is 4.58. The zero-order valence-electron chi connectivity index (χ0n) is 11.3. The first kappa shape index (κ1) is 12.8. The fourth-order valence-corrected chi connectivity index (χ4v) is 2.84. The molecule has 2 unspecified atom stereocenters. The van der Waals surface area contributed by atoms with Crippen molar-refractivity contribution in [2.24, 2.45) is 5.92 Å². The number of carbonyl (C=O) groups excluding carboxylic acids is 1. The summed E-state index contributed by atoms with van der Waals surface area (Å²) in [5.74, 6) is 0.643. The molecular formula is C13H24N2O2. The number of carbonyl (C=O) groups is 1. The summed E-state index contributed by atoms with van der Waals surface area (Å²) in [6, 6.07) is -0.0589. The van der Waals surface area contributed by atoms with Crippen LogP contribution in [-0.4, -0.2) is 42.3 Å². The van der Waals surface area contributed by atoms with Gasteiger partial charge in [0.1, 0.15) is 0 Å². The second-order valence-electron chi connectivity index (χ2n) is 5.78. The van der Waals surface area contributed by atoms with Crippen molar-refractivity contribution >= 4 is 5.91 Å². The van der Waals surface area contributed by atoms with E-state index < -0.39 is 0 Å². The third-order valence-electron chi connectivity index (χ3n) is 4.20. The normalized spacial score (nSPS) is 32.1. The topological polar surface area (TPSA) is 41.6 Å². The van der Waals surface area contributed by atoms with Gasteiger partial charge in [0, 0.05) is 7.11 Å². The molecule has 2 aliphatic rings. The lowest BCUT2D eigenvalue weighted by molar-refractivity contribution is -0.141. The van der Waals surface area contributed by atoms with Gasteiger partial charge in [-0.2, -0.15) is 0 Å². The summed E-state index contributed by atoms with van der Waals surface area (Å²) >= 11 is 0. The highest BCUT2D eigenvalue weighted by Crippen LogP contribution is 2.37. The van der Waals surface area contributed by atoms with Crippen LogP contribution in [0.1, 0.15) is 40.0 Å². The molecule has 1 aliphatic heterocycles. The number of ether oxygens (including phenoxy) is 1. The summed E-state index contributed by atoms with van der Waals surface area (Å²) < 4.78 is 5.63. The van der Waals surface area contributed by atoms with Gasteiger partial charge in [0.05, 0.1) is 24.4 Å². The average molecular weight is 240 g/mol. The van der Waals surface area contributed by atoms with Crippen molar-refractivity contribution in [1.82, 2.24) is 10.2 Å². The van der Waals surface area contributed by atoms with Gasteiger partial charge in [-0.1, -0.05) is 13.8 Å². The van der Waals surface area contributed by atoms with Crippen LogP contribution in [0.2, 0.25) is 0 Å². The average Bonchev–Trinajstić information content (AvgIpc) is 2.51. The van der Waals surface area contributed by atoms with Crippen LogP contribution in [0.15, 0.2) is 0 Å². The first-order chi connectivity index (χ1) is 7.99. The van der Waals surface area contributed by atoms with Crippen LogP contribution >= 0.6 is 0 Å². The first-order valence-electron chi connectivity index (χ1n) is 6.61. The van der Waals surface area contributed by atoms with E-state index in [2.05, 4.69) is 19.2 Å². The van der Waals surface area contributed by atoms with Gasteiger partial charge in [0.15, 0.2) is 0 Å². The van der Waals surface area contributed by atoms with E-state index in [1.54, 1.807) is 7.11 Å².